The Morgan fingerprint density at radius 1 is 0.745 bits per heavy atom. The highest BCUT2D eigenvalue weighted by molar-refractivity contribution is 5.95. The Kier molecular flexibility index (Phi) is 17.2. The molecule has 2 aliphatic heterocycles. The van der Waals surface area contributed by atoms with Crippen LogP contribution in [-0.2, 0) is 33.4 Å². The third-order valence-corrected chi connectivity index (χ3v) is 13.1. The van der Waals surface area contributed by atoms with Gasteiger partial charge in [-0.2, -0.15) is 0 Å². The van der Waals surface area contributed by atoms with E-state index in [9.17, 15) is 19.2 Å². The van der Waals surface area contributed by atoms with Crippen LogP contribution in [0.3, 0.4) is 0 Å². The maximum atomic E-state index is 12.5. The summed E-state index contributed by atoms with van der Waals surface area (Å²) in [4.78, 5) is 45.1. The molecule has 0 spiro atoms. The van der Waals surface area contributed by atoms with Crippen molar-refractivity contribution in [2.24, 2.45) is 76.4 Å². The Hall–Kier alpha value is -1.92. The number of cyclic esters (lactones) is 3. The lowest BCUT2D eigenvalue weighted by Gasteiger charge is -2.59. The fraction of sp³-hybridized carbons (Fsp3) is 0.900. The van der Waals surface area contributed by atoms with Gasteiger partial charge in [-0.15, -0.1) is 0 Å². The number of ether oxygens (including phenoxy) is 3. The van der Waals surface area contributed by atoms with E-state index in [0.717, 1.165) is 54.8 Å². The van der Waals surface area contributed by atoms with Crippen LogP contribution in [0, 0.1) is 76.4 Å². The maximum Gasteiger partial charge on any atom is 0.317 e. The highest BCUT2D eigenvalue weighted by atomic mass is 16.6. The van der Waals surface area contributed by atoms with E-state index < -0.39 is 11.9 Å². The Balaban J connectivity index is 0. The van der Waals surface area contributed by atoms with Crippen LogP contribution < -0.4 is 0 Å². The standard InChI is InChI=1S/C17H28O2.C11H16O2.C6H8O3.6CH4/c1-5-16(3,4)15(18)19-17-9-12-6-13(10-17)8-14(7-12)11(17)2;1-5-6(2)8-3-7(5)9-4-13-11(12)10(8)9;1-3-4(2)6(8)9-5(3)7;;;;;;/h11-14H,5-10H2,1-4H3;5-10H,3-4H2,1-2H3;3-4H,1-2H3;6*1H4. The smallest absolute Gasteiger partial charge is 0.317 e. The molecule has 6 saturated carbocycles. The van der Waals surface area contributed by atoms with Gasteiger partial charge in [0, 0.05) is 5.92 Å². The summed E-state index contributed by atoms with van der Waals surface area (Å²) in [7, 11) is 0. The van der Waals surface area contributed by atoms with E-state index in [-0.39, 0.29) is 85.3 Å². The Morgan fingerprint density at radius 3 is 1.68 bits per heavy atom. The predicted molar refractivity (Wildman–Crippen MR) is 193 cm³/mol. The lowest BCUT2D eigenvalue weighted by molar-refractivity contribution is -0.213. The minimum absolute atomic E-state index is 0. The van der Waals surface area contributed by atoms with Crippen LogP contribution in [-0.4, -0.2) is 36.1 Å². The summed E-state index contributed by atoms with van der Waals surface area (Å²) in [5.41, 5.74) is -0.443. The SMILES string of the molecule is C.C.C.C.C.C.CC1C(=O)OC(=O)C1C.CC1C(C)C2CC1C1COC(=O)C21.CCC(C)(C)C(=O)OC12CC3CC(CC(C3)C1C)C2. The highest BCUT2D eigenvalue weighted by Crippen LogP contribution is 2.61. The van der Waals surface area contributed by atoms with Crippen LogP contribution in [0.2, 0.25) is 0 Å². The Labute approximate surface area is 290 Å². The molecule has 11 unspecified atom stereocenters. The Morgan fingerprint density at radius 2 is 1.23 bits per heavy atom. The van der Waals surface area contributed by atoms with Gasteiger partial charge in [0.15, 0.2) is 0 Å². The van der Waals surface area contributed by atoms with E-state index in [2.05, 4.69) is 32.4 Å². The van der Waals surface area contributed by atoms with E-state index >= 15 is 0 Å². The molecule has 0 amide bonds. The van der Waals surface area contributed by atoms with Gasteiger partial charge < -0.3 is 14.2 Å². The second-order valence-electron chi connectivity index (χ2n) is 15.5. The number of esters is 4. The van der Waals surface area contributed by atoms with Gasteiger partial charge in [-0.05, 0) is 106 Å². The molecule has 2 saturated heterocycles. The molecule has 7 heteroatoms. The normalized spacial score (nSPS) is 40.7. The first-order valence-corrected chi connectivity index (χ1v) is 16.3. The van der Waals surface area contributed by atoms with E-state index in [4.69, 9.17) is 9.47 Å². The molecule has 11 atom stereocenters. The van der Waals surface area contributed by atoms with Crippen molar-refractivity contribution in [3.63, 3.8) is 0 Å². The topological polar surface area (TPSA) is 96.0 Å². The Bertz CT molecular complexity index is 1030. The van der Waals surface area contributed by atoms with Crippen molar-refractivity contribution in [3.8, 4) is 0 Å². The molecule has 0 radical (unpaired) electrons. The van der Waals surface area contributed by atoms with Gasteiger partial charge in [0.25, 0.3) is 0 Å². The molecular weight excluding hydrogens is 592 g/mol. The maximum absolute atomic E-state index is 12.5. The van der Waals surface area contributed by atoms with Crippen LogP contribution in [0.4, 0.5) is 0 Å². The van der Waals surface area contributed by atoms with Gasteiger partial charge in [0.1, 0.15) is 5.60 Å². The lowest BCUT2D eigenvalue weighted by Crippen LogP contribution is -2.59. The van der Waals surface area contributed by atoms with Crippen LogP contribution in [0.5, 0.6) is 0 Å². The molecule has 7 nitrogen and oxygen atoms in total. The van der Waals surface area contributed by atoms with Crippen LogP contribution in [0.15, 0.2) is 0 Å². The largest absolute Gasteiger partial charge is 0.465 e. The van der Waals surface area contributed by atoms with Gasteiger partial charge in [-0.25, -0.2) is 0 Å². The van der Waals surface area contributed by atoms with Crippen molar-refractivity contribution in [1.82, 2.24) is 0 Å². The summed E-state index contributed by atoms with van der Waals surface area (Å²) in [5, 5.41) is 0. The van der Waals surface area contributed by atoms with Crippen molar-refractivity contribution in [2.45, 2.75) is 150 Å². The summed E-state index contributed by atoms with van der Waals surface area (Å²) in [6.07, 6.45) is 8.56. The van der Waals surface area contributed by atoms with Crippen molar-refractivity contribution >= 4 is 23.9 Å². The molecular formula is C40H76O7. The molecule has 2 heterocycles. The molecule has 47 heavy (non-hydrogen) atoms. The summed E-state index contributed by atoms with van der Waals surface area (Å²) in [6.45, 7) is 17.2. The second kappa shape index (κ2) is 17.1. The monoisotopic (exact) mass is 669 g/mol. The zero-order valence-electron chi connectivity index (χ0n) is 26.4. The highest BCUT2D eigenvalue weighted by Gasteiger charge is 2.61. The molecule has 0 N–H and O–H groups in total. The molecule has 278 valence electrons. The summed E-state index contributed by atoms with van der Waals surface area (Å²) >= 11 is 0. The average Bonchev–Trinajstić information content (AvgIpc) is 3.63. The first-order chi connectivity index (χ1) is 19.2. The van der Waals surface area contributed by atoms with Gasteiger partial charge in [0.05, 0.1) is 29.8 Å². The number of hydrogen-bond donors (Lipinski definition) is 0. The summed E-state index contributed by atoms with van der Waals surface area (Å²) < 4.78 is 15.6. The molecule has 8 fully saturated rings. The van der Waals surface area contributed by atoms with Gasteiger partial charge in [0.2, 0.25) is 0 Å². The lowest BCUT2D eigenvalue weighted by atomic mass is 9.50. The average molecular weight is 669 g/mol. The van der Waals surface area contributed by atoms with Crippen molar-refractivity contribution in [1.29, 1.82) is 0 Å². The number of carbonyl (C=O) groups is 4. The number of fused-ring (bicyclic) bond motifs is 5. The second-order valence-corrected chi connectivity index (χ2v) is 15.5. The summed E-state index contributed by atoms with van der Waals surface area (Å²) in [6, 6.07) is 0. The zero-order valence-corrected chi connectivity index (χ0v) is 26.4. The van der Waals surface area contributed by atoms with Crippen molar-refractivity contribution < 1.29 is 33.4 Å². The minimum Gasteiger partial charge on any atom is -0.465 e. The van der Waals surface area contributed by atoms with Gasteiger partial charge in [-0.1, -0.05) is 86.1 Å². The third kappa shape index (κ3) is 8.28. The van der Waals surface area contributed by atoms with Gasteiger partial charge >= 0.3 is 23.9 Å². The molecule has 8 rings (SSSR count). The van der Waals surface area contributed by atoms with Crippen LogP contribution >= 0.6 is 0 Å². The molecule has 0 aromatic carbocycles. The third-order valence-electron chi connectivity index (χ3n) is 13.1. The van der Waals surface area contributed by atoms with E-state index in [1.165, 1.54) is 25.7 Å². The fourth-order valence-electron chi connectivity index (χ4n) is 9.55. The van der Waals surface area contributed by atoms with Crippen LogP contribution in [0.25, 0.3) is 0 Å². The van der Waals surface area contributed by atoms with Crippen molar-refractivity contribution in [3.05, 3.63) is 0 Å². The first-order valence-electron chi connectivity index (χ1n) is 16.3. The molecule has 0 aromatic rings. The molecule has 8 aliphatic rings. The van der Waals surface area contributed by atoms with E-state index in [1.807, 2.05) is 13.8 Å². The quantitative estimate of drug-likeness (QED) is 0.168. The number of hydrogen-bond acceptors (Lipinski definition) is 7. The van der Waals surface area contributed by atoms with E-state index in [1.54, 1.807) is 13.8 Å². The molecule has 0 aromatic heterocycles. The molecule has 6 bridgehead atoms. The molecule has 6 aliphatic carbocycles. The van der Waals surface area contributed by atoms with Crippen molar-refractivity contribution in [2.75, 3.05) is 6.61 Å². The van der Waals surface area contributed by atoms with Gasteiger partial charge in [-0.3, -0.25) is 19.2 Å². The van der Waals surface area contributed by atoms with Crippen LogP contribution in [0.1, 0.15) is 145 Å². The van der Waals surface area contributed by atoms with E-state index in [0.29, 0.717) is 24.4 Å². The number of carbonyl (C=O) groups excluding carboxylic acids is 4. The zero-order chi connectivity index (χ0) is 30.0. The minimum atomic E-state index is -0.396. The summed E-state index contributed by atoms with van der Waals surface area (Å²) in [5.74, 6) is 5.65. The fourth-order valence-corrected chi connectivity index (χ4v) is 9.55. The predicted octanol–water partition coefficient (Wildman–Crippen LogP) is 10.0. The first kappa shape index (κ1) is 47.2. The number of rotatable bonds is 3.